The normalized spacial score (nSPS) is 11.5. The minimum Gasteiger partial charge on any atom is -0.368 e. The molecule has 1 aromatic rings. The highest BCUT2D eigenvalue weighted by molar-refractivity contribution is 5.14. The molecule has 17 heavy (non-hydrogen) atoms. The first-order chi connectivity index (χ1) is 8.20. The SMILES string of the molecule is CCCCCc1ccccc1.CCOC(C)O. The average molecular weight is 238 g/mol. The molecule has 0 aliphatic heterocycles. The van der Waals surface area contributed by atoms with Crippen molar-refractivity contribution in [2.24, 2.45) is 0 Å². The number of aliphatic hydroxyl groups excluding tert-OH is 1. The Morgan fingerprint density at radius 1 is 1.12 bits per heavy atom. The van der Waals surface area contributed by atoms with Gasteiger partial charge in [-0.1, -0.05) is 50.1 Å². The Bertz CT molecular complexity index is 244. The van der Waals surface area contributed by atoms with Gasteiger partial charge in [0.05, 0.1) is 0 Å². The van der Waals surface area contributed by atoms with Crippen molar-refractivity contribution in [2.75, 3.05) is 6.61 Å². The van der Waals surface area contributed by atoms with Crippen LogP contribution in [-0.2, 0) is 11.2 Å². The van der Waals surface area contributed by atoms with Gasteiger partial charge in [0.2, 0.25) is 0 Å². The molecule has 0 fully saturated rings. The molecule has 0 spiro atoms. The van der Waals surface area contributed by atoms with Gasteiger partial charge in [0.1, 0.15) is 0 Å². The number of aliphatic hydroxyl groups is 1. The quantitative estimate of drug-likeness (QED) is 0.603. The van der Waals surface area contributed by atoms with Crippen LogP contribution in [0.15, 0.2) is 30.3 Å². The molecule has 0 amide bonds. The zero-order valence-electron chi connectivity index (χ0n) is 11.4. The van der Waals surface area contributed by atoms with Crippen molar-refractivity contribution in [3.63, 3.8) is 0 Å². The molecule has 2 nitrogen and oxygen atoms in total. The lowest BCUT2D eigenvalue weighted by Gasteiger charge is -1.99. The van der Waals surface area contributed by atoms with Crippen LogP contribution in [0, 0.1) is 0 Å². The van der Waals surface area contributed by atoms with Gasteiger partial charge in [-0.25, -0.2) is 0 Å². The molecule has 0 saturated heterocycles. The molecule has 2 heteroatoms. The standard InChI is InChI=1S/C11H16.C4H10O2/c1-2-3-5-8-11-9-6-4-7-10-11;1-3-6-4(2)5/h4,6-7,9-10H,2-3,5,8H2,1H3;4-5H,3H2,1-2H3. The second-order valence-electron chi connectivity index (χ2n) is 4.00. The number of aryl methyl sites for hydroxylation is 1. The van der Waals surface area contributed by atoms with Gasteiger partial charge in [-0.2, -0.15) is 0 Å². The molecule has 1 N–H and O–H groups in total. The Labute approximate surface area is 106 Å². The van der Waals surface area contributed by atoms with Crippen molar-refractivity contribution in [3.8, 4) is 0 Å². The summed E-state index contributed by atoms with van der Waals surface area (Å²) < 4.78 is 4.60. The number of hydrogen-bond acceptors (Lipinski definition) is 2. The van der Waals surface area contributed by atoms with Crippen molar-refractivity contribution in [1.82, 2.24) is 0 Å². The maximum absolute atomic E-state index is 8.33. The van der Waals surface area contributed by atoms with Crippen LogP contribution in [0.2, 0.25) is 0 Å². The highest BCUT2D eigenvalue weighted by Gasteiger charge is 1.89. The first-order valence-electron chi connectivity index (χ1n) is 6.54. The lowest BCUT2D eigenvalue weighted by molar-refractivity contribution is -0.0800. The van der Waals surface area contributed by atoms with E-state index in [4.69, 9.17) is 5.11 Å². The van der Waals surface area contributed by atoms with Crippen LogP contribution < -0.4 is 0 Å². The molecular weight excluding hydrogens is 212 g/mol. The zero-order valence-corrected chi connectivity index (χ0v) is 11.4. The van der Waals surface area contributed by atoms with E-state index in [0.717, 1.165) is 0 Å². The zero-order chi connectivity index (χ0) is 12.9. The summed E-state index contributed by atoms with van der Waals surface area (Å²) in [4.78, 5) is 0. The lowest BCUT2D eigenvalue weighted by Crippen LogP contribution is -2.04. The van der Waals surface area contributed by atoms with Crippen molar-refractivity contribution < 1.29 is 9.84 Å². The van der Waals surface area contributed by atoms with E-state index in [1.807, 2.05) is 6.92 Å². The van der Waals surface area contributed by atoms with E-state index in [-0.39, 0.29) is 0 Å². The van der Waals surface area contributed by atoms with Gasteiger partial charge in [0, 0.05) is 6.61 Å². The van der Waals surface area contributed by atoms with Crippen LogP contribution in [0.4, 0.5) is 0 Å². The fourth-order valence-electron chi connectivity index (χ4n) is 1.47. The van der Waals surface area contributed by atoms with E-state index >= 15 is 0 Å². The van der Waals surface area contributed by atoms with E-state index in [9.17, 15) is 0 Å². The first kappa shape index (κ1) is 16.1. The summed E-state index contributed by atoms with van der Waals surface area (Å²) in [5.74, 6) is 0. The third kappa shape index (κ3) is 11.4. The number of rotatable bonds is 6. The van der Waals surface area contributed by atoms with Crippen LogP contribution in [-0.4, -0.2) is 18.0 Å². The molecule has 0 heterocycles. The molecule has 0 bridgehead atoms. The topological polar surface area (TPSA) is 29.5 Å². The third-order valence-electron chi connectivity index (χ3n) is 2.32. The van der Waals surface area contributed by atoms with Gasteiger partial charge in [0.25, 0.3) is 0 Å². The van der Waals surface area contributed by atoms with Crippen molar-refractivity contribution in [1.29, 1.82) is 0 Å². The van der Waals surface area contributed by atoms with Crippen molar-refractivity contribution >= 4 is 0 Å². The first-order valence-corrected chi connectivity index (χ1v) is 6.54. The molecule has 0 radical (unpaired) electrons. The largest absolute Gasteiger partial charge is 0.368 e. The summed E-state index contributed by atoms with van der Waals surface area (Å²) in [5.41, 5.74) is 1.47. The second-order valence-corrected chi connectivity index (χ2v) is 4.00. The van der Waals surface area contributed by atoms with Crippen molar-refractivity contribution in [2.45, 2.75) is 52.7 Å². The Balaban J connectivity index is 0.000000366. The Hall–Kier alpha value is -0.860. The molecule has 0 aromatic heterocycles. The van der Waals surface area contributed by atoms with Gasteiger partial charge < -0.3 is 9.84 Å². The molecule has 0 aliphatic rings. The Morgan fingerprint density at radius 2 is 1.76 bits per heavy atom. The highest BCUT2D eigenvalue weighted by Crippen LogP contribution is 2.05. The lowest BCUT2D eigenvalue weighted by atomic mass is 10.1. The Kier molecular flexibility index (Phi) is 11.0. The Morgan fingerprint density at radius 3 is 2.18 bits per heavy atom. The summed E-state index contributed by atoms with van der Waals surface area (Å²) in [6, 6.07) is 10.7. The molecule has 1 atom stereocenters. The summed E-state index contributed by atoms with van der Waals surface area (Å²) in [6.07, 6.45) is 4.65. The van der Waals surface area contributed by atoms with E-state index in [1.54, 1.807) is 6.92 Å². The van der Waals surface area contributed by atoms with Gasteiger partial charge in [0.15, 0.2) is 6.29 Å². The predicted octanol–water partition coefficient (Wildman–Crippen LogP) is 3.78. The summed E-state index contributed by atoms with van der Waals surface area (Å²) in [7, 11) is 0. The number of unbranched alkanes of at least 4 members (excludes halogenated alkanes) is 2. The highest BCUT2D eigenvalue weighted by atomic mass is 16.6. The van der Waals surface area contributed by atoms with Crippen molar-refractivity contribution in [3.05, 3.63) is 35.9 Å². The minimum atomic E-state index is -0.602. The van der Waals surface area contributed by atoms with Gasteiger partial charge in [-0.15, -0.1) is 0 Å². The fourth-order valence-corrected chi connectivity index (χ4v) is 1.47. The molecule has 98 valence electrons. The van der Waals surface area contributed by atoms with Gasteiger partial charge in [-0.3, -0.25) is 0 Å². The number of benzene rings is 1. The predicted molar refractivity (Wildman–Crippen MR) is 73.0 cm³/mol. The van der Waals surface area contributed by atoms with Gasteiger partial charge >= 0.3 is 0 Å². The van der Waals surface area contributed by atoms with E-state index in [0.29, 0.717) is 6.61 Å². The van der Waals surface area contributed by atoms with Gasteiger partial charge in [-0.05, 0) is 32.3 Å². The smallest absolute Gasteiger partial charge is 0.151 e. The maximum Gasteiger partial charge on any atom is 0.151 e. The minimum absolute atomic E-state index is 0.581. The fraction of sp³-hybridized carbons (Fsp3) is 0.600. The molecular formula is C15H26O2. The molecule has 1 aromatic carbocycles. The van der Waals surface area contributed by atoms with E-state index in [1.165, 1.54) is 31.2 Å². The molecule has 1 rings (SSSR count). The second kappa shape index (κ2) is 11.6. The summed E-state index contributed by atoms with van der Waals surface area (Å²) in [5, 5.41) is 8.33. The van der Waals surface area contributed by atoms with Crippen LogP contribution in [0.1, 0.15) is 45.6 Å². The maximum atomic E-state index is 8.33. The van der Waals surface area contributed by atoms with E-state index in [2.05, 4.69) is 42.0 Å². The monoisotopic (exact) mass is 238 g/mol. The van der Waals surface area contributed by atoms with Crippen LogP contribution in [0.25, 0.3) is 0 Å². The summed E-state index contributed by atoms with van der Waals surface area (Å²) >= 11 is 0. The summed E-state index contributed by atoms with van der Waals surface area (Å²) in [6.45, 7) is 6.25. The number of hydrogen-bond donors (Lipinski definition) is 1. The van der Waals surface area contributed by atoms with Crippen LogP contribution >= 0.6 is 0 Å². The average Bonchev–Trinajstić information content (AvgIpc) is 2.31. The molecule has 0 saturated carbocycles. The van der Waals surface area contributed by atoms with E-state index < -0.39 is 6.29 Å². The van der Waals surface area contributed by atoms with Crippen LogP contribution in [0.5, 0.6) is 0 Å². The van der Waals surface area contributed by atoms with Crippen LogP contribution in [0.3, 0.4) is 0 Å². The molecule has 1 unspecified atom stereocenters. The number of ether oxygens (including phenoxy) is 1. The molecule has 0 aliphatic carbocycles. The third-order valence-corrected chi connectivity index (χ3v) is 2.32.